The maximum atomic E-state index is 12.7. The molecule has 0 unspecified atom stereocenters. The van der Waals surface area contributed by atoms with Gasteiger partial charge >= 0.3 is 5.97 Å². The maximum absolute atomic E-state index is 12.7. The van der Waals surface area contributed by atoms with Crippen LogP contribution in [0.5, 0.6) is 0 Å². The summed E-state index contributed by atoms with van der Waals surface area (Å²) in [4.78, 5) is 26.5. The molecule has 25 heavy (non-hydrogen) atoms. The molecule has 0 bridgehead atoms. The normalized spacial score (nSPS) is 13.6. The van der Waals surface area contributed by atoms with Gasteiger partial charge in [0, 0.05) is 43.8 Å². The molecule has 1 aliphatic heterocycles. The Morgan fingerprint density at radius 3 is 2.88 bits per heavy atom. The van der Waals surface area contributed by atoms with Crippen LogP contribution in [0.25, 0.3) is 0 Å². The van der Waals surface area contributed by atoms with Gasteiger partial charge in [-0.25, -0.2) is 4.79 Å². The molecule has 134 valence electrons. The largest absolute Gasteiger partial charge is 0.461 e. The molecular weight excluding hydrogens is 324 g/mol. The molecule has 0 aliphatic carbocycles. The highest BCUT2D eigenvalue weighted by atomic mass is 16.5. The maximum Gasteiger partial charge on any atom is 0.359 e. The minimum absolute atomic E-state index is 0.199. The van der Waals surface area contributed by atoms with E-state index >= 15 is 0 Å². The van der Waals surface area contributed by atoms with Gasteiger partial charge in [-0.05, 0) is 13.3 Å². The summed E-state index contributed by atoms with van der Waals surface area (Å²) in [6.07, 6.45) is 2.30. The number of aryl methyl sites for hydroxylation is 2. The number of esters is 1. The standard InChI is InChI=1S/C17H22N4O4/c1-4-6-11-9-13(19-25-11)16(22)21-8-7-14-12(10-21)15(18-20(14)3)17(23)24-5-2/h9H,4-8,10H2,1-3H3. The second kappa shape index (κ2) is 7.08. The van der Waals surface area contributed by atoms with Crippen LogP contribution >= 0.6 is 0 Å². The van der Waals surface area contributed by atoms with Crippen LogP contribution in [0, 0.1) is 0 Å². The van der Waals surface area contributed by atoms with Crippen LogP contribution in [-0.2, 0) is 31.2 Å². The molecule has 0 spiro atoms. The Kier molecular flexibility index (Phi) is 4.87. The highest BCUT2D eigenvalue weighted by Crippen LogP contribution is 2.24. The number of nitrogens with zero attached hydrogens (tertiary/aromatic N) is 4. The lowest BCUT2D eigenvalue weighted by Gasteiger charge is -2.26. The first-order chi connectivity index (χ1) is 12.0. The SMILES string of the molecule is CCCc1cc(C(=O)N2CCc3c(c(C(=O)OCC)nn3C)C2)no1. The van der Waals surface area contributed by atoms with Crippen molar-refractivity contribution in [1.82, 2.24) is 19.8 Å². The molecule has 3 rings (SSSR count). The number of aromatic nitrogens is 3. The van der Waals surface area contributed by atoms with Gasteiger partial charge < -0.3 is 14.2 Å². The number of carbonyl (C=O) groups is 2. The van der Waals surface area contributed by atoms with E-state index in [0.29, 0.717) is 31.0 Å². The fourth-order valence-corrected chi connectivity index (χ4v) is 3.07. The van der Waals surface area contributed by atoms with Crippen molar-refractivity contribution >= 4 is 11.9 Å². The lowest BCUT2D eigenvalue weighted by molar-refractivity contribution is 0.0513. The molecule has 0 N–H and O–H groups in total. The minimum atomic E-state index is -0.458. The molecule has 2 aromatic heterocycles. The minimum Gasteiger partial charge on any atom is -0.461 e. The van der Waals surface area contributed by atoms with Crippen LogP contribution < -0.4 is 0 Å². The lowest BCUT2D eigenvalue weighted by Crippen LogP contribution is -2.36. The number of carbonyl (C=O) groups excluding carboxylic acids is 2. The zero-order valence-corrected chi connectivity index (χ0v) is 14.7. The van der Waals surface area contributed by atoms with Crippen molar-refractivity contribution in [3.05, 3.63) is 34.5 Å². The van der Waals surface area contributed by atoms with Crippen LogP contribution in [0.3, 0.4) is 0 Å². The Balaban J connectivity index is 1.82. The van der Waals surface area contributed by atoms with Crippen LogP contribution in [0.1, 0.15) is 58.3 Å². The van der Waals surface area contributed by atoms with Crippen LogP contribution in [0.2, 0.25) is 0 Å². The quantitative estimate of drug-likeness (QED) is 0.766. The summed E-state index contributed by atoms with van der Waals surface area (Å²) in [7, 11) is 1.80. The van der Waals surface area contributed by atoms with Crippen molar-refractivity contribution in [3.63, 3.8) is 0 Å². The number of ether oxygens (including phenoxy) is 1. The third-order valence-electron chi connectivity index (χ3n) is 4.27. The van der Waals surface area contributed by atoms with E-state index in [1.165, 1.54) is 0 Å². The Morgan fingerprint density at radius 1 is 1.36 bits per heavy atom. The zero-order valence-electron chi connectivity index (χ0n) is 14.7. The van der Waals surface area contributed by atoms with Crippen molar-refractivity contribution in [1.29, 1.82) is 0 Å². The molecule has 0 radical (unpaired) electrons. The molecule has 3 heterocycles. The van der Waals surface area contributed by atoms with E-state index in [0.717, 1.165) is 24.1 Å². The summed E-state index contributed by atoms with van der Waals surface area (Å²) in [5, 5.41) is 8.16. The molecule has 2 aromatic rings. The molecule has 0 atom stereocenters. The van der Waals surface area contributed by atoms with Gasteiger partial charge in [0.05, 0.1) is 13.2 Å². The smallest absolute Gasteiger partial charge is 0.359 e. The van der Waals surface area contributed by atoms with E-state index in [9.17, 15) is 9.59 Å². The van der Waals surface area contributed by atoms with Gasteiger partial charge in [0.25, 0.3) is 5.91 Å². The third-order valence-corrected chi connectivity index (χ3v) is 4.27. The van der Waals surface area contributed by atoms with Gasteiger partial charge in [-0.15, -0.1) is 0 Å². The van der Waals surface area contributed by atoms with Crippen molar-refractivity contribution in [3.8, 4) is 0 Å². The van der Waals surface area contributed by atoms with Gasteiger partial charge in [-0.1, -0.05) is 12.1 Å². The highest BCUT2D eigenvalue weighted by Gasteiger charge is 2.31. The van der Waals surface area contributed by atoms with E-state index in [1.807, 2.05) is 6.92 Å². The predicted molar refractivity (Wildman–Crippen MR) is 88.1 cm³/mol. The Labute approximate surface area is 145 Å². The summed E-state index contributed by atoms with van der Waals surface area (Å²) in [6, 6.07) is 1.69. The fraction of sp³-hybridized carbons (Fsp3) is 0.529. The summed E-state index contributed by atoms with van der Waals surface area (Å²) < 4.78 is 12.0. The molecule has 8 heteroatoms. The van der Waals surface area contributed by atoms with E-state index in [2.05, 4.69) is 10.3 Å². The van der Waals surface area contributed by atoms with Crippen LogP contribution in [0.15, 0.2) is 10.6 Å². The van der Waals surface area contributed by atoms with Crippen molar-refractivity contribution in [2.45, 2.75) is 39.7 Å². The van der Waals surface area contributed by atoms with E-state index in [-0.39, 0.29) is 18.2 Å². The number of fused-ring (bicyclic) bond motifs is 1. The lowest BCUT2D eigenvalue weighted by atomic mass is 10.0. The van der Waals surface area contributed by atoms with E-state index < -0.39 is 5.97 Å². The van der Waals surface area contributed by atoms with Gasteiger partial charge in [0.15, 0.2) is 11.4 Å². The molecule has 8 nitrogen and oxygen atoms in total. The summed E-state index contributed by atoms with van der Waals surface area (Å²) in [6.45, 7) is 4.93. The third kappa shape index (κ3) is 3.29. The van der Waals surface area contributed by atoms with Gasteiger partial charge in [0.2, 0.25) is 0 Å². The molecule has 0 saturated heterocycles. The van der Waals surface area contributed by atoms with Crippen LogP contribution in [0.4, 0.5) is 0 Å². The Hall–Kier alpha value is -2.64. The number of hydrogen-bond donors (Lipinski definition) is 0. The monoisotopic (exact) mass is 346 g/mol. The second-order valence-corrected chi connectivity index (χ2v) is 6.02. The van der Waals surface area contributed by atoms with E-state index in [4.69, 9.17) is 9.26 Å². The van der Waals surface area contributed by atoms with E-state index in [1.54, 1.807) is 29.6 Å². The topological polar surface area (TPSA) is 90.5 Å². The first kappa shape index (κ1) is 17.2. The average Bonchev–Trinajstić information content (AvgIpc) is 3.19. The van der Waals surface area contributed by atoms with Crippen molar-refractivity contribution in [2.75, 3.05) is 13.2 Å². The first-order valence-corrected chi connectivity index (χ1v) is 8.51. The Morgan fingerprint density at radius 2 is 2.16 bits per heavy atom. The van der Waals surface area contributed by atoms with Crippen molar-refractivity contribution < 1.29 is 18.8 Å². The molecule has 0 fully saturated rings. The molecule has 1 aliphatic rings. The molecule has 0 saturated carbocycles. The summed E-state index contributed by atoms with van der Waals surface area (Å²) in [5.74, 6) is 0.0490. The van der Waals surface area contributed by atoms with Crippen molar-refractivity contribution in [2.24, 2.45) is 7.05 Å². The van der Waals surface area contributed by atoms with Gasteiger partial charge in [-0.2, -0.15) is 5.10 Å². The molecule has 0 aromatic carbocycles. The zero-order chi connectivity index (χ0) is 18.0. The molecule has 1 amide bonds. The number of rotatable bonds is 5. The summed E-state index contributed by atoms with van der Waals surface area (Å²) in [5.41, 5.74) is 2.29. The van der Waals surface area contributed by atoms with Gasteiger partial charge in [-0.3, -0.25) is 9.48 Å². The Bertz CT molecular complexity index is 793. The average molecular weight is 346 g/mol. The highest BCUT2D eigenvalue weighted by molar-refractivity contribution is 5.93. The van der Waals surface area contributed by atoms with Crippen LogP contribution in [-0.4, -0.2) is 44.9 Å². The number of hydrogen-bond acceptors (Lipinski definition) is 6. The molecular formula is C17H22N4O4. The predicted octanol–water partition coefficient (Wildman–Crippen LogP) is 1.74. The van der Waals surface area contributed by atoms with Gasteiger partial charge in [0.1, 0.15) is 5.76 Å². The fourth-order valence-electron chi connectivity index (χ4n) is 3.07. The first-order valence-electron chi connectivity index (χ1n) is 8.51. The second-order valence-electron chi connectivity index (χ2n) is 6.02. The summed E-state index contributed by atoms with van der Waals surface area (Å²) >= 11 is 0. The number of amides is 1.